The maximum absolute atomic E-state index is 13.0. The molecular weight excluding hydrogens is 424 g/mol. The first-order chi connectivity index (χ1) is 16.6. The molecule has 0 spiro atoms. The number of amides is 1. The summed E-state index contributed by atoms with van der Waals surface area (Å²) in [5, 5.41) is 8.37. The van der Waals surface area contributed by atoms with E-state index in [2.05, 4.69) is 56.4 Å². The first-order valence-electron chi connectivity index (χ1n) is 11.9. The summed E-state index contributed by atoms with van der Waals surface area (Å²) in [7, 11) is 0. The summed E-state index contributed by atoms with van der Waals surface area (Å²) in [4.78, 5) is 22.4. The fraction of sp³-hybridized carbons (Fsp3) is 0.296. The Labute approximate surface area is 200 Å². The lowest BCUT2D eigenvalue weighted by atomic mass is 10.1. The van der Waals surface area contributed by atoms with Crippen molar-refractivity contribution in [2.24, 2.45) is 0 Å². The summed E-state index contributed by atoms with van der Waals surface area (Å²) in [5.74, 6) is -0.169. The van der Waals surface area contributed by atoms with E-state index in [4.69, 9.17) is 0 Å². The second-order valence-electron chi connectivity index (χ2n) is 8.80. The van der Waals surface area contributed by atoms with Gasteiger partial charge in [0, 0.05) is 49.1 Å². The zero-order valence-electron chi connectivity index (χ0n) is 19.7. The van der Waals surface area contributed by atoms with E-state index in [0.29, 0.717) is 12.1 Å². The largest absolute Gasteiger partial charge is 0.369 e. The summed E-state index contributed by atoms with van der Waals surface area (Å²) in [6, 6.07) is 18.3. The van der Waals surface area contributed by atoms with Gasteiger partial charge < -0.3 is 15.1 Å². The monoisotopic (exact) mass is 454 g/mol. The van der Waals surface area contributed by atoms with Gasteiger partial charge in [-0.15, -0.1) is 0 Å². The minimum absolute atomic E-state index is 0.169. The second-order valence-corrected chi connectivity index (χ2v) is 8.80. The van der Waals surface area contributed by atoms with E-state index in [1.807, 2.05) is 41.9 Å². The molecule has 1 N–H and O–H groups in total. The molecule has 3 heterocycles. The topological polar surface area (TPSA) is 66.3 Å². The molecular formula is C27H30N6O. The first kappa shape index (κ1) is 22.1. The number of hydrogen-bond acceptors (Lipinski definition) is 5. The van der Waals surface area contributed by atoms with Gasteiger partial charge in [-0.3, -0.25) is 4.79 Å². The van der Waals surface area contributed by atoms with Crippen LogP contribution in [0.2, 0.25) is 0 Å². The van der Waals surface area contributed by atoms with Crippen LogP contribution in [0.4, 0.5) is 11.4 Å². The Morgan fingerprint density at radius 3 is 2.53 bits per heavy atom. The number of benzene rings is 2. The molecule has 1 aliphatic rings. The molecule has 174 valence electrons. The Morgan fingerprint density at radius 1 is 1.00 bits per heavy atom. The van der Waals surface area contributed by atoms with Gasteiger partial charge in [-0.1, -0.05) is 37.3 Å². The maximum atomic E-state index is 13.0. The van der Waals surface area contributed by atoms with Crippen LogP contribution >= 0.6 is 0 Å². The van der Waals surface area contributed by atoms with E-state index in [1.54, 1.807) is 12.4 Å². The summed E-state index contributed by atoms with van der Waals surface area (Å²) >= 11 is 0. The van der Waals surface area contributed by atoms with Crippen molar-refractivity contribution in [3.8, 4) is 0 Å². The van der Waals surface area contributed by atoms with Crippen molar-refractivity contribution in [2.75, 3.05) is 42.9 Å². The fourth-order valence-electron chi connectivity index (χ4n) is 4.47. The maximum Gasteiger partial charge on any atom is 0.257 e. The predicted octanol–water partition coefficient (Wildman–Crippen LogP) is 4.18. The van der Waals surface area contributed by atoms with Crippen LogP contribution in [-0.4, -0.2) is 58.3 Å². The van der Waals surface area contributed by atoms with E-state index in [-0.39, 0.29) is 5.91 Å². The Morgan fingerprint density at radius 2 is 1.79 bits per heavy atom. The van der Waals surface area contributed by atoms with Crippen LogP contribution in [-0.2, 0) is 6.54 Å². The Kier molecular flexibility index (Phi) is 6.27. The highest BCUT2D eigenvalue weighted by Crippen LogP contribution is 2.24. The highest BCUT2D eigenvalue weighted by atomic mass is 16.1. The smallest absolute Gasteiger partial charge is 0.257 e. The van der Waals surface area contributed by atoms with E-state index < -0.39 is 0 Å². The molecule has 1 saturated heterocycles. The Balaban J connectivity index is 1.28. The number of anilines is 2. The normalized spacial score (nSPS) is 14.5. The standard InChI is InChI=1S/C27H30N6O/c1-3-31-11-13-32(14-12-31)24-9-10-25(20(2)15-24)30-27(34)23-16-22-18-29-33(26(22)28-17-23)19-21-7-5-4-6-8-21/h4-10,15-18H,3,11-14,19H2,1-2H3,(H,30,34). The van der Waals surface area contributed by atoms with Crippen molar-refractivity contribution in [3.05, 3.63) is 83.7 Å². The molecule has 1 aliphatic heterocycles. The molecule has 1 fully saturated rings. The van der Waals surface area contributed by atoms with Crippen LogP contribution in [0.3, 0.4) is 0 Å². The zero-order chi connectivity index (χ0) is 23.5. The first-order valence-corrected chi connectivity index (χ1v) is 11.9. The third kappa shape index (κ3) is 4.65. The van der Waals surface area contributed by atoms with Crippen molar-refractivity contribution in [2.45, 2.75) is 20.4 Å². The summed E-state index contributed by atoms with van der Waals surface area (Å²) < 4.78 is 1.86. The van der Waals surface area contributed by atoms with Gasteiger partial charge in [-0.25, -0.2) is 9.67 Å². The summed E-state index contributed by atoms with van der Waals surface area (Å²) in [5.41, 5.74) is 5.52. The molecule has 5 rings (SSSR count). The number of aryl methyl sites for hydroxylation is 1. The molecule has 0 aliphatic carbocycles. The number of fused-ring (bicyclic) bond motifs is 1. The average Bonchev–Trinajstić information content (AvgIpc) is 3.27. The number of nitrogens with zero attached hydrogens (tertiary/aromatic N) is 5. The van der Waals surface area contributed by atoms with E-state index in [0.717, 1.165) is 60.6 Å². The molecule has 7 heteroatoms. The van der Waals surface area contributed by atoms with Gasteiger partial charge in [-0.05, 0) is 48.9 Å². The number of piperazine rings is 1. The minimum Gasteiger partial charge on any atom is -0.369 e. The van der Waals surface area contributed by atoms with Gasteiger partial charge >= 0.3 is 0 Å². The third-order valence-corrected chi connectivity index (χ3v) is 6.56. The highest BCUT2D eigenvalue weighted by Gasteiger charge is 2.17. The SMILES string of the molecule is CCN1CCN(c2ccc(NC(=O)c3cnc4c(cnn4Cc4ccccc4)c3)c(C)c2)CC1. The van der Waals surface area contributed by atoms with Gasteiger partial charge in [0.05, 0.1) is 18.3 Å². The second kappa shape index (κ2) is 9.65. The Hall–Kier alpha value is -3.71. The molecule has 0 saturated carbocycles. The lowest BCUT2D eigenvalue weighted by molar-refractivity contribution is 0.102. The molecule has 34 heavy (non-hydrogen) atoms. The molecule has 0 unspecified atom stereocenters. The average molecular weight is 455 g/mol. The van der Waals surface area contributed by atoms with Crippen LogP contribution in [0.5, 0.6) is 0 Å². The molecule has 0 radical (unpaired) electrons. The van der Waals surface area contributed by atoms with E-state index in [9.17, 15) is 4.79 Å². The van der Waals surface area contributed by atoms with Crippen molar-refractivity contribution < 1.29 is 4.79 Å². The number of hydrogen-bond donors (Lipinski definition) is 1. The van der Waals surface area contributed by atoms with Gasteiger partial charge in [0.2, 0.25) is 0 Å². The number of carbonyl (C=O) groups excluding carboxylic acids is 1. The number of pyridine rings is 1. The molecule has 2 aromatic heterocycles. The van der Waals surface area contributed by atoms with Crippen LogP contribution in [0, 0.1) is 6.92 Å². The molecule has 1 amide bonds. The number of carbonyl (C=O) groups is 1. The number of nitrogens with one attached hydrogen (secondary N) is 1. The molecule has 7 nitrogen and oxygen atoms in total. The van der Waals surface area contributed by atoms with E-state index >= 15 is 0 Å². The number of rotatable bonds is 6. The molecule has 4 aromatic rings. The quantitative estimate of drug-likeness (QED) is 0.473. The number of aromatic nitrogens is 3. The van der Waals surface area contributed by atoms with Gasteiger partial charge in [0.25, 0.3) is 5.91 Å². The van der Waals surface area contributed by atoms with Gasteiger partial charge in [0.1, 0.15) is 0 Å². The highest BCUT2D eigenvalue weighted by molar-refractivity contribution is 6.06. The van der Waals surface area contributed by atoms with Crippen molar-refractivity contribution in [1.29, 1.82) is 0 Å². The predicted molar refractivity (Wildman–Crippen MR) is 137 cm³/mol. The van der Waals surface area contributed by atoms with Crippen LogP contribution in [0.1, 0.15) is 28.4 Å². The van der Waals surface area contributed by atoms with Crippen molar-refractivity contribution >= 4 is 28.3 Å². The minimum atomic E-state index is -0.169. The lowest BCUT2D eigenvalue weighted by Crippen LogP contribution is -2.46. The third-order valence-electron chi connectivity index (χ3n) is 6.56. The number of likely N-dealkylation sites (N-methyl/N-ethyl adjacent to an activating group) is 1. The van der Waals surface area contributed by atoms with Crippen LogP contribution in [0.25, 0.3) is 11.0 Å². The summed E-state index contributed by atoms with van der Waals surface area (Å²) in [6.07, 6.45) is 3.39. The van der Waals surface area contributed by atoms with Crippen molar-refractivity contribution in [3.63, 3.8) is 0 Å². The summed E-state index contributed by atoms with van der Waals surface area (Å²) in [6.45, 7) is 10.2. The molecule has 0 bridgehead atoms. The van der Waals surface area contributed by atoms with E-state index in [1.165, 1.54) is 5.69 Å². The van der Waals surface area contributed by atoms with Crippen LogP contribution in [0.15, 0.2) is 67.0 Å². The van der Waals surface area contributed by atoms with Crippen LogP contribution < -0.4 is 10.2 Å². The lowest BCUT2D eigenvalue weighted by Gasteiger charge is -2.35. The molecule has 2 aromatic carbocycles. The van der Waals surface area contributed by atoms with Crippen molar-refractivity contribution in [1.82, 2.24) is 19.7 Å². The fourth-order valence-corrected chi connectivity index (χ4v) is 4.47. The zero-order valence-corrected chi connectivity index (χ0v) is 19.7. The Bertz CT molecular complexity index is 1290. The van der Waals surface area contributed by atoms with Gasteiger partial charge in [-0.2, -0.15) is 5.10 Å². The van der Waals surface area contributed by atoms with Gasteiger partial charge in [0.15, 0.2) is 5.65 Å². The molecule has 0 atom stereocenters.